The molecule has 320 valence electrons. The normalized spacial score (nSPS) is 38.7. The van der Waals surface area contributed by atoms with Crippen LogP contribution in [0.4, 0.5) is 0 Å². The Morgan fingerprint density at radius 2 is 1.17 bits per heavy atom. The van der Waals surface area contributed by atoms with Gasteiger partial charge in [-0.3, -0.25) is 18.2 Å². The van der Waals surface area contributed by atoms with Crippen LogP contribution in [-0.4, -0.2) is 184 Å². The first-order valence-corrected chi connectivity index (χ1v) is 21.2. The van der Waals surface area contributed by atoms with Gasteiger partial charge in [-0.1, -0.05) is 0 Å². The number of nitrogens with two attached hydrogens (primary N) is 1. The lowest BCUT2D eigenvalue weighted by molar-refractivity contribution is -0.359. The minimum atomic E-state index is -5.45. The van der Waals surface area contributed by atoms with E-state index in [0.717, 1.165) is 6.92 Å². The van der Waals surface area contributed by atoms with E-state index in [1.165, 1.54) is 11.6 Å². The van der Waals surface area contributed by atoms with Gasteiger partial charge in [0.15, 0.2) is 31.1 Å². The zero-order valence-corrected chi connectivity index (χ0v) is 31.4. The van der Waals surface area contributed by atoms with Crippen LogP contribution in [0.3, 0.4) is 0 Å². The summed E-state index contributed by atoms with van der Waals surface area (Å²) in [5.41, 5.74) is 5.45. The van der Waals surface area contributed by atoms with E-state index in [0.29, 0.717) is 25.8 Å². The SMILES string of the molecule is CC1O[C@@H](O[C@@H]2C(COS(=O)(=O)O)O[C@H](OC3C(C)O[C@@H](OCCCCCN)C(OS(=O)(=O)O)[C@@H]3O)C(NS(=O)(=O)O)[C@H]2O)C(OS(=O)(=O)O)[C@H](O)C1O. The molecule has 31 heteroatoms. The van der Waals surface area contributed by atoms with Crippen LogP contribution in [0, 0.1) is 0 Å². The molecule has 0 amide bonds. The van der Waals surface area contributed by atoms with Crippen molar-refractivity contribution in [3.63, 3.8) is 0 Å². The first-order valence-electron chi connectivity index (χ1n) is 15.7. The third-order valence-electron chi connectivity index (χ3n) is 8.06. The second kappa shape index (κ2) is 19.2. The van der Waals surface area contributed by atoms with Gasteiger partial charge in [0.25, 0.3) is 0 Å². The van der Waals surface area contributed by atoms with Crippen molar-refractivity contribution in [2.24, 2.45) is 5.73 Å². The standard InChI is InChI=1S/C23H44N2O25S4/c1-9-13(26)15(28)19(49-53(36,37)38)23(44-9)48-18-11(8-43-52(33,34)35)46-21(12(14(18)27)25-51(30,31)32)47-17-10(2)45-22(42-7-5-3-4-6-24)20(16(17)29)50-54(39,40)41/h9-23,25-29H,3-8,24H2,1-2H3,(H,30,31,32)(H,33,34,35)(H,36,37,38)(H,39,40,41)/t9?,10?,11?,12?,13?,14-,15-,16-,17?,18-,19?,20?,21-,22-,23+/m1/s1. The molecule has 3 fully saturated rings. The fourth-order valence-corrected chi connectivity index (χ4v) is 7.51. The summed E-state index contributed by atoms with van der Waals surface area (Å²) >= 11 is 0. The molecule has 27 nitrogen and oxygen atoms in total. The van der Waals surface area contributed by atoms with E-state index in [9.17, 15) is 72.3 Å². The van der Waals surface area contributed by atoms with Crippen LogP contribution in [-0.2, 0) is 82.5 Å². The molecule has 0 aromatic carbocycles. The minimum Gasteiger partial charge on any atom is -0.388 e. The summed E-state index contributed by atoms with van der Waals surface area (Å²) in [7, 11) is -21.5. The zero-order chi connectivity index (χ0) is 41.0. The van der Waals surface area contributed by atoms with Crippen molar-refractivity contribution in [3.05, 3.63) is 0 Å². The molecule has 54 heavy (non-hydrogen) atoms. The maximum absolute atomic E-state index is 12.0. The van der Waals surface area contributed by atoms with Crippen LogP contribution >= 0.6 is 0 Å². The van der Waals surface area contributed by atoms with E-state index in [-0.39, 0.29) is 6.61 Å². The summed E-state index contributed by atoms with van der Waals surface area (Å²) in [6.07, 6.45) is -26.7. The topological polar surface area (TPSA) is 420 Å². The van der Waals surface area contributed by atoms with Crippen molar-refractivity contribution in [2.75, 3.05) is 19.8 Å². The van der Waals surface area contributed by atoms with Crippen molar-refractivity contribution < 1.29 is 113 Å². The number of unbranched alkanes of at least 4 members (excludes halogenated alkanes) is 2. The molecule has 3 aliphatic rings. The molecule has 0 radical (unpaired) electrons. The lowest BCUT2D eigenvalue weighted by Gasteiger charge is -2.49. The maximum Gasteiger partial charge on any atom is 0.397 e. The van der Waals surface area contributed by atoms with E-state index < -0.39 is 140 Å². The molecule has 15 atom stereocenters. The number of aliphatic hydroxyl groups excluding tert-OH is 4. The van der Waals surface area contributed by atoms with Gasteiger partial charge in [0.1, 0.15) is 48.8 Å². The average Bonchev–Trinajstić information content (AvgIpc) is 3.01. The number of hydrogen-bond donors (Lipinski definition) is 10. The van der Waals surface area contributed by atoms with E-state index >= 15 is 0 Å². The molecular formula is C23H44N2O25S4. The molecule has 11 N–H and O–H groups in total. The average molecular weight is 877 g/mol. The van der Waals surface area contributed by atoms with Crippen molar-refractivity contribution >= 4 is 41.5 Å². The van der Waals surface area contributed by atoms with Crippen molar-refractivity contribution in [1.29, 1.82) is 0 Å². The summed E-state index contributed by atoms with van der Waals surface area (Å²) < 4.78 is 179. The number of aliphatic hydroxyl groups is 4. The molecule has 3 aliphatic heterocycles. The first kappa shape index (κ1) is 47.4. The summed E-state index contributed by atoms with van der Waals surface area (Å²) in [5.74, 6) is 0. The Morgan fingerprint density at radius 1 is 0.611 bits per heavy atom. The van der Waals surface area contributed by atoms with Crippen molar-refractivity contribution in [2.45, 2.75) is 125 Å². The van der Waals surface area contributed by atoms with Gasteiger partial charge in [-0.05, 0) is 39.7 Å². The number of ether oxygens (including phenoxy) is 6. The highest BCUT2D eigenvalue weighted by Gasteiger charge is 2.55. The molecule has 0 bridgehead atoms. The van der Waals surface area contributed by atoms with Gasteiger partial charge in [-0.2, -0.15) is 38.4 Å². The Morgan fingerprint density at radius 3 is 1.70 bits per heavy atom. The molecule has 8 unspecified atom stereocenters. The molecule has 0 saturated carbocycles. The van der Waals surface area contributed by atoms with Crippen molar-refractivity contribution in [3.8, 4) is 0 Å². The molecular weight excluding hydrogens is 833 g/mol. The zero-order valence-electron chi connectivity index (χ0n) is 28.1. The highest BCUT2D eigenvalue weighted by atomic mass is 32.3. The predicted molar refractivity (Wildman–Crippen MR) is 169 cm³/mol. The van der Waals surface area contributed by atoms with Crippen LogP contribution in [0.15, 0.2) is 0 Å². The Hall–Kier alpha value is -0.960. The number of rotatable bonds is 19. The Kier molecular flexibility index (Phi) is 16.9. The molecule has 0 spiro atoms. The van der Waals surface area contributed by atoms with Crippen molar-refractivity contribution in [1.82, 2.24) is 4.72 Å². The van der Waals surface area contributed by atoms with E-state index in [1.807, 2.05) is 0 Å². The molecule has 3 saturated heterocycles. The van der Waals surface area contributed by atoms with E-state index in [4.69, 9.17) is 34.2 Å². The third-order valence-corrected chi connectivity index (χ3v) is 9.99. The second-order valence-corrected chi connectivity index (χ2v) is 16.5. The maximum atomic E-state index is 12.0. The van der Waals surface area contributed by atoms with Crippen LogP contribution in [0.5, 0.6) is 0 Å². The molecule has 0 aromatic heterocycles. The summed E-state index contributed by atoms with van der Waals surface area (Å²) in [5, 5.41) is 43.3. The van der Waals surface area contributed by atoms with Gasteiger partial charge in [0.2, 0.25) is 0 Å². The monoisotopic (exact) mass is 876 g/mol. The molecule has 3 rings (SSSR count). The quantitative estimate of drug-likeness (QED) is 0.0427. The second-order valence-electron chi connectivity index (χ2n) is 12.2. The van der Waals surface area contributed by atoms with Gasteiger partial charge < -0.3 is 54.6 Å². The van der Waals surface area contributed by atoms with Gasteiger partial charge >= 0.3 is 41.5 Å². The van der Waals surface area contributed by atoms with Gasteiger partial charge in [0, 0.05) is 6.61 Å². The van der Waals surface area contributed by atoms with Crippen LogP contribution in [0.2, 0.25) is 0 Å². The smallest absolute Gasteiger partial charge is 0.388 e. The molecule has 0 aromatic rings. The van der Waals surface area contributed by atoms with Gasteiger partial charge in [-0.25, -0.2) is 12.5 Å². The molecule has 0 aliphatic carbocycles. The summed E-state index contributed by atoms with van der Waals surface area (Å²) in [4.78, 5) is 0. The largest absolute Gasteiger partial charge is 0.397 e. The Labute approximate surface area is 309 Å². The highest BCUT2D eigenvalue weighted by Crippen LogP contribution is 2.35. The minimum absolute atomic E-state index is 0.0777. The number of nitrogens with one attached hydrogen (secondary N) is 1. The lowest BCUT2D eigenvalue weighted by atomic mass is 9.95. The third kappa shape index (κ3) is 14.1. The van der Waals surface area contributed by atoms with E-state index in [2.05, 4.69) is 12.5 Å². The van der Waals surface area contributed by atoms with Crippen LogP contribution < -0.4 is 10.5 Å². The lowest BCUT2D eigenvalue weighted by Crippen LogP contribution is -2.69. The summed E-state index contributed by atoms with van der Waals surface area (Å²) in [6, 6.07) is -2.29. The Bertz CT molecular complexity index is 1650. The predicted octanol–water partition coefficient (Wildman–Crippen LogP) is -5.48. The van der Waals surface area contributed by atoms with E-state index in [1.54, 1.807) is 0 Å². The Balaban J connectivity index is 2.00. The van der Waals surface area contributed by atoms with Gasteiger partial charge in [0.05, 0.1) is 18.8 Å². The van der Waals surface area contributed by atoms with Crippen LogP contribution in [0.1, 0.15) is 33.1 Å². The van der Waals surface area contributed by atoms with Crippen LogP contribution in [0.25, 0.3) is 0 Å². The fourth-order valence-electron chi connectivity index (χ4n) is 5.64. The first-order chi connectivity index (χ1) is 24.7. The fraction of sp³-hybridized carbons (Fsp3) is 1.00. The highest BCUT2D eigenvalue weighted by molar-refractivity contribution is 7.83. The number of hydrogen-bond acceptors (Lipinski definition) is 22. The molecule has 3 heterocycles. The summed E-state index contributed by atoms with van der Waals surface area (Å²) in [6.45, 7) is 1.32. The van der Waals surface area contributed by atoms with Gasteiger partial charge in [-0.15, -0.1) is 0 Å².